The first-order valence-corrected chi connectivity index (χ1v) is 11.6. The molecule has 2 atom stereocenters. The molecule has 0 saturated carbocycles. The van der Waals surface area contributed by atoms with Gasteiger partial charge in [-0.1, -0.05) is 30.0 Å². The van der Waals surface area contributed by atoms with Gasteiger partial charge in [-0.25, -0.2) is 0 Å². The first-order valence-electron chi connectivity index (χ1n) is 10.7. The van der Waals surface area contributed by atoms with E-state index in [1.54, 1.807) is 12.1 Å². The Hall–Kier alpha value is -3.24. The Morgan fingerprint density at radius 1 is 1.27 bits per heavy atom. The van der Waals surface area contributed by atoms with Crippen molar-refractivity contribution in [1.82, 2.24) is 14.8 Å². The molecule has 33 heavy (non-hydrogen) atoms. The maximum absolute atomic E-state index is 12.8. The lowest BCUT2D eigenvalue weighted by Gasteiger charge is -2.17. The molecule has 1 aliphatic heterocycles. The van der Waals surface area contributed by atoms with Gasteiger partial charge in [-0.05, 0) is 50.5 Å². The molecule has 2 heterocycles. The highest BCUT2D eigenvalue weighted by Gasteiger charge is 2.25. The van der Waals surface area contributed by atoms with Gasteiger partial charge < -0.3 is 10.1 Å². The number of hydrogen-bond acceptors (Lipinski definition) is 7. The van der Waals surface area contributed by atoms with Crippen molar-refractivity contribution < 1.29 is 14.5 Å². The molecule has 0 spiro atoms. The van der Waals surface area contributed by atoms with Gasteiger partial charge in [-0.15, -0.1) is 10.2 Å². The summed E-state index contributed by atoms with van der Waals surface area (Å²) in [6.45, 7) is 5.04. The first kappa shape index (κ1) is 22.9. The van der Waals surface area contributed by atoms with E-state index in [0.717, 1.165) is 36.3 Å². The molecule has 2 aromatic carbocycles. The summed E-state index contributed by atoms with van der Waals surface area (Å²) >= 11 is 1.32. The minimum Gasteiger partial charge on any atom is -0.376 e. The number of para-hydroxylation sites is 1. The number of nitrogens with one attached hydrogen (secondary N) is 1. The fourth-order valence-electron chi connectivity index (χ4n) is 3.64. The standard InChI is InChI=1S/C23H25N5O4S/c1-15-6-3-4-8-20(15)24-22(29)16(2)33-23-26-25-21(27(23)14-19-7-5-13-32-19)17-9-11-18(12-10-17)28(30)31/h3-4,6,8-12,16,19H,5,7,13-14H2,1-2H3,(H,24,29)/t16-,19+/m1/s1. The van der Waals surface area contributed by atoms with Crippen LogP contribution in [0.5, 0.6) is 0 Å². The molecule has 0 aliphatic carbocycles. The lowest BCUT2D eigenvalue weighted by molar-refractivity contribution is -0.384. The van der Waals surface area contributed by atoms with E-state index in [-0.39, 0.29) is 17.7 Å². The van der Waals surface area contributed by atoms with Crippen molar-refractivity contribution in [2.24, 2.45) is 0 Å². The number of nitro benzene ring substituents is 1. The van der Waals surface area contributed by atoms with Crippen LogP contribution in [0, 0.1) is 17.0 Å². The van der Waals surface area contributed by atoms with Crippen molar-refractivity contribution >= 4 is 29.0 Å². The average molecular weight is 468 g/mol. The summed E-state index contributed by atoms with van der Waals surface area (Å²) in [5.74, 6) is 0.465. The molecule has 1 fully saturated rings. The van der Waals surface area contributed by atoms with Crippen LogP contribution in [0.1, 0.15) is 25.3 Å². The molecule has 10 heteroatoms. The second-order valence-corrected chi connectivity index (χ2v) is 9.23. The normalized spacial score (nSPS) is 16.5. The van der Waals surface area contributed by atoms with Crippen LogP contribution in [0.3, 0.4) is 0 Å². The Balaban J connectivity index is 1.57. The van der Waals surface area contributed by atoms with Gasteiger partial charge in [-0.2, -0.15) is 0 Å². The summed E-state index contributed by atoms with van der Waals surface area (Å²) in [4.78, 5) is 23.4. The van der Waals surface area contributed by atoms with E-state index in [2.05, 4.69) is 15.5 Å². The molecular weight excluding hydrogens is 442 g/mol. The number of non-ortho nitro benzene ring substituents is 1. The van der Waals surface area contributed by atoms with Crippen molar-refractivity contribution in [2.75, 3.05) is 11.9 Å². The van der Waals surface area contributed by atoms with Gasteiger partial charge in [0.05, 0.1) is 22.8 Å². The summed E-state index contributed by atoms with van der Waals surface area (Å²) in [5.41, 5.74) is 2.50. The lowest BCUT2D eigenvalue weighted by atomic mass is 10.2. The highest BCUT2D eigenvalue weighted by atomic mass is 32.2. The maximum atomic E-state index is 12.8. The number of aryl methyl sites for hydroxylation is 1. The number of thioether (sulfide) groups is 1. The van der Waals surface area contributed by atoms with Gasteiger partial charge >= 0.3 is 0 Å². The van der Waals surface area contributed by atoms with Gasteiger partial charge in [0.25, 0.3) is 5.69 Å². The molecule has 1 N–H and O–H groups in total. The number of hydrogen-bond donors (Lipinski definition) is 1. The van der Waals surface area contributed by atoms with E-state index in [4.69, 9.17) is 4.74 Å². The van der Waals surface area contributed by atoms with Crippen LogP contribution < -0.4 is 5.32 Å². The first-order chi connectivity index (χ1) is 15.9. The number of aromatic nitrogens is 3. The Morgan fingerprint density at radius 3 is 2.70 bits per heavy atom. The van der Waals surface area contributed by atoms with Crippen molar-refractivity contribution in [2.45, 2.75) is 49.7 Å². The van der Waals surface area contributed by atoms with Crippen LogP contribution in [0.25, 0.3) is 11.4 Å². The molecule has 0 bridgehead atoms. The van der Waals surface area contributed by atoms with Crippen LogP contribution in [-0.2, 0) is 16.1 Å². The monoisotopic (exact) mass is 467 g/mol. The summed E-state index contributed by atoms with van der Waals surface area (Å²) in [6.07, 6.45) is 1.97. The van der Waals surface area contributed by atoms with E-state index in [0.29, 0.717) is 17.5 Å². The highest BCUT2D eigenvalue weighted by Crippen LogP contribution is 2.30. The molecule has 1 aromatic heterocycles. The minimum absolute atomic E-state index is 0.0139. The topological polar surface area (TPSA) is 112 Å². The molecule has 172 valence electrons. The van der Waals surface area contributed by atoms with Gasteiger partial charge in [0.1, 0.15) is 0 Å². The van der Waals surface area contributed by atoms with Crippen LogP contribution in [0.2, 0.25) is 0 Å². The third-order valence-corrected chi connectivity index (χ3v) is 6.60. The number of nitro groups is 1. The molecule has 1 saturated heterocycles. The molecule has 3 aromatic rings. The Kier molecular flexibility index (Phi) is 7.05. The number of ether oxygens (including phenoxy) is 1. The third-order valence-electron chi connectivity index (χ3n) is 5.52. The molecule has 4 rings (SSSR count). The smallest absolute Gasteiger partial charge is 0.269 e. The van der Waals surface area contributed by atoms with Gasteiger partial charge in [-0.3, -0.25) is 19.5 Å². The number of rotatable bonds is 8. The molecule has 1 amide bonds. The fourth-order valence-corrected chi connectivity index (χ4v) is 4.50. The average Bonchev–Trinajstić information content (AvgIpc) is 3.46. The predicted molar refractivity (Wildman–Crippen MR) is 126 cm³/mol. The zero-order chi connectivity index (χ0) is 23.4. The van der Waals surface area contributed by atoms with E-state index in [1.165, 1.54) is 23.9 Å². The fraction of sp³-hybridized carbons (Fsp3) is 0.348. The summed E-state index contributed by atoms with van der Waals surface area (Å²) in [7, 11) is 0. The van der Waals surface area contributed by atoms with E-state index in [1.807, 2.05) is 42.7 Å². The second-order valence-electron chi connectivity index (χ2n) is 7.92. The SMILES string of the molecule is Cc1ccccc1NC(=O)[C@@H](C)Sc1nnc(-c2ccc([N+](=O)[O-])cc2)n1C[C@@H]1CCCO1. The Labute approximate surface area is 195 Å². The third kappa shape index (κ3) is 5.40. The van der Waals surface area contributed by atoms with E-state index >= 15 is 0 Å². The molecule has 0 radical (unpaired) electrons. The largest absolute Gasteiger partial charge is 0.376 e. The molecule has 9 nitrogen and oxygen atoms in total. The maximum Gasteiger partial charge on any atom is 0.269 e. The molecule has 1 aliphatic rings. The number of carbonyl (C=O) groups excluding carboxylic acids is 1. The Bertz CT molecular complexity index is 1140. The van der Waals surface area contributed by atoms with Crippen LogP contribution in [0.15, 0.2) is 53.7 Å². The Morgan fingerprint density at radius 2 is 2.03 bits per heavy atom. The summed E-state index contributed by atoms with van der Waals surface area (Å²) in [5, 5.41) is 22.9. The van der Waals surface area contributed by atoms with Crippen molar-refractivity contribution in [3.8, 4) is 11.4 Å². The van der Waals surface area contributed by atoms with Gasteiger partial charge in [0.2, 0.25) is 5.91 Å². The molecule has 0 unspecified atom stereocenters. The minimum atomic E-state index is -0.434. The van der Waals surface area contributed by atoms with Crippen LogP contribution in [0.4, 0.5) is 11.4 Å². The number of anilines is 1. The number of benzene rings is 2. The van der Waals surface area contributed by atoms with Crippen molar-refractivity contribution in [3.05, 3.63) is 64.2 Å². The lowest BCUT2D eigenvalue weighted by Crippen LogP contribution is -2.24. The van der Waals surface area contributed by atoms with E-state index < -0.39 is 10.2 Å². The van der Waals surface area contributed by atoms with Crippen molar-refractivity contribution in [1.29, 1.82) is 0 Å². The van der Waals surface area contributed by atoms with Gasteiger partial charge in [0, 0.05) is 30.0 Å². The number of carbonyl (C=O) groups is 1. The summed E-state index contributed by atoms with van der Waals surface area (Å²) in [6, 6.07) is 13.9. The van der Waals surface area contributed by atoms with Crippen LogP contribution in [-0.4, -0.2) is 43.6 Å². The second kappa shape index (κ2) is 10.1. The van der Waals surface area contributed by atoms with Crippen molar-refractivity contribution in [3.63, 3.8) is 0 Å². The van der Waals surface area contributed by atoms with Gasteiger partial charge in [0.15, 0.2) is 11.0 Å². The summed E-state index contributed by atoms with van der Waals surface area (Å²) < 4.78 is 7.76. The zero-order valence-electron chi connectivity index (χ0n) is 18.4. The number of amides is 1. The van der Waals surface area contributed by atoms with E-state index in [9.17, 15) is 14.9 Å². The van der Waals surface area contributed by atoms with Crippen LogP contribution >= 0.6 is 11.8 Å². The highest BCUT2D eigenvalue weighted by molar-refractivity contribution is 8.00. The zero-order valence-corrected chi connectivity index (χ0v) is 19.2. The predicted octanol–water partition coefficient (Wildman–Crippen LogP) is 4.46. The molecular formula is C23H25N5O4S. The quantitative estimate of drug-likeness (QED) is 0.296. The number of nitrogens with zero attached hydrogens (tertiary/aromatic N) is 4.